The van der Waals surface area contributed by atoms with Crippen molar-refractivity contribution < 1.29 is 9.90 Å². The number of carbonyl (C=O) groups is 1. The van der Waals surface area contributed by atoms with Gasteiger partial charge in [-0.15, -0.1) is 0 Å². The second-order valence-electron chi connectivity index (χ2n) is 3.62. The van der Waals surface area contributed by atoms with Crippen LogP contribution in [0.1, 0.15) is 17.3 Å². The van der Waals surface area contributed by atoms with Crippen LogP contribution in [0.2, 0.25) is 5.02 Å². The molecule has 0 fully saturated rings. The van der Waals surface area contributed by atoms with Gasteiger partial charge in [-0.2, -0.15) is 5.10 Å². The largest absolute Gasteiger partial charge is 0.478 e. The molecule has 5 heteroatoms. The minimum absolute atomic E-state index is 0.178. The zero-order valence-electron chi connectivity index (χ0n) is 9.22. The van der Waals surface area contributed by atoms with E-state index in [0.29, 0.717) is 5.02 Å². The van der Waals surface area contributed by atoms with Crippen molar-refractivity contribution in [3.63, 3.8) is 0 Å². The second-order valence-corrected chi connectivity index (χ2v) is 4.05. The number of carboxylic acid groups (broad SMARTS) is 1. The lowest BCUT2D eigenvalue weighted by atomic mass is 10.1. The maximum absolute atomic E-state index is 10.9. The summed E-state index contributed by atoms with van der Waals surface area (Å²) in [6.07, 6.45) is 3.55. The summed E-state index contributed by atoms with van der Waals surface area (Å²) >= 11 is 5.89. The summed E-state index contributed by atoms with van der Waals surface area (Å²) in [5.41, 5.74) is 1.79. The van der Waals surface area contributed by atoms with E-state index in [1.165, 1.54) is 6.07 Å². The van der Waals surface area contributed by atoms with Gasteiger partial charge in [-0.25, -0.2) is 4.79 Å². The third-order valence-electron chi connectivity index (χ3n) is 2.44. The molecular weight excluding hydrogens is 240 g/mol. The lowest BCUT2D eigenvalue weighted by Crippen LogP contribution is -1.96. The van der Waals surface area contributed by atoms with E-state index < -0.39 is 5.97 Å². The number of aromatic carboxylic acids is 1. The molecule has 1 aromatic heterocycles. The van der Waals surface area contributed by atoms with E-state index in [-0.39, 0.29) is 5.56 Å². The Morgan fingerprint density at radius 1 is 1.41 bits per heavy atom. The fourth-order valence-corrected chi connectivity index (χ4v) is 1.80. The molecule has 0 spiro atoms. The molecule has 0 unspecified atom stereocenters. The SMILES string of the molecule is CCn1cc(-c2cc(Cl)cc(C(=O)O)c2)cn1. The monoisotopic (exact) mass is 250 g/mol. The summed E-state index contributed by atoms with van der Waals surface area (Å²) in [5, 5.41) is 13.5. The Balaban J connectivity index is 2.47. The smallest absolute Gasteiger partial charge is 0.335 e. The Morgan fingerprint density at radius 2 is 2.18 bits per heavy atom. The van der Waals surface area contributed by atoms with E-state index >= 15 is 0 Å². The molecule has 0 aliphatic rings. The average Bonchev–Trinajstić information content (AvgIpc) is 2.76. The third-order valence-corrected chi connectivity index (χ3v) is 2.65. The van der Waals surface area contributed by atoms with E-state index in [0.717, 1.165) is 17.7 Å². The number of halogens is 1. The molecule has 0 radical (unpaired) electrons. The average molecular weight is 251 g/mol. The molecule has 0 amide bonds. The van der Waals surface area contributed by atoms with Crippen molar-refractivity contribution in [2.24, 2.45) is 0 Å². The Hall–Kier alpha value is -1.81. The Bertz CT molecular complexity index is 563. The highest BCUT2D eigenvalue weighted by Crippen LogP contribution is 2.24. The van der Waals surface area contributed by atoms with Crippen LogP contribution in [-0.4, -0.2) is 20.9 Å². The van der Waals surface area contributed by atoms with E-state index in [4.69, 9.17) is 16.7 Å². The zero-order chi connectivity index (χ0) is 12.4. The maximum Gasteiger partial charge on any atom is 0.335 e. The number of carboxylic acids is 1. The van der Waals surface area contributed by atoms with Crippen molar-refractivity contribution in [3.8, 4) is 11.1 Å². The third kappa shape index (κ3) is 2.47. The van der Waals surface area contributed by atoms with E-state index in [1.54, 1.807) is 23.0 Å². The molecule has 0 saturated heterocycles. The molecule has 2 aromatic rings. The first kappa shape index (κ1) is 11.7. The van der Waals surface area contributed by atoms with Gasteiger partial charge in [0.05, 0.1) is 11.8 Å². The van der Waals surface area contributed by atoms with Crippen LogP contribution < -0.4 is 0 Å². The quantitative estimate of drug-likeness (QED) is 0.911. The highest BCUT2D eigenvalue weighted by atomic mass is 35.5. The summed E-state index contributed by atoms with van der Waals surface area (Å²) in [5.74, 6) is -0.989. The summed E-state index contributed by atoms with van der Waals surface area (Å²) in [6, 6.07) is 4.74. The first-order valence-corrected chi connectivity index (χ1v) is 5.54. The lowest BCUT2D eigenvalue weighted by Gasteiger charge is -2.01. The summed E-state index contributed by atoms with van der Waals surface area (Å²) < 4.78 is 1.77. The molecule has 0 aliphatic carbocycles. The lowest BCUT2D eigenvalue weighted by molar-refractivity contribution is 0.0697. The summed E-state index contributed by atoms with van der Waals surface area (Å²) in [6.45, 7) is 2.75. The van der Waals surface area contributed by atoms with E-state index in [9.17, 15) is 4.79 Å². The van der Waals surface area contributed by atoms with Gasteiger partial charge in [0, 0.05) is 23.3 Å². The molecule has 4 nitrogen and oxygen atoms in total. The maximum atomic E-state index is 10.9. The fraction of sp³-hybridized carbons (Fsp3) is 0.167. The molecule has 1 aromatic carbocycles. The number of hydrogen-bond acceptors (Lipinski definition) is 2. The number of aryl methyl sites for hydroxylation is 1. The van der Waals surface area contributed by atoms with Gasteiger partial charge in [0.15, 0.2) is 0 Å². The van der Waals surface area contributed by atoms with Crippen molar-refractivity contribution in [1.82, 2.24) is 9.78 Å². The summed E-state index contributed by atoms with van der Waals surface area (Å²) in [7, 11) is 0. The van der Waals surface area contributed by atoms with Crippen molar-refractivity contribution in [2.45, 2.75) is 13.5 Å². The fourth-order valence-electron chi connectivity index (χ4n) is 1.57. The van der Waals surface area contributed by atoms with Gasteiger partial charge >= 0.3 is 5.97 Å². The molecule has 17 heavy (non-hydrogen) atoms. The van der Waals surface area contributed by atoms with Gasteiger partial charge in [0.1, 0.15) is 0 Å². The molecule has 1 heterocycles. The second kappa shape index (κ2) is 4.59. The zero-order valence-corrected chi connectivity index (χ0v) is 9.98. The van der Waals surface area contributed by atoms with Crippen molar-refractivity contribution in [2.75, 3.05) is 0 Å². The highest BCUT2D eigenvalue weighted by Gasteiger charge is 2.08. The van der Waals surface area contributed by atoms with Gasteiger partial charge in [-0.3, -0.25) is 4.68 Å². The van der Waals surface area contributed by atoms with Crippen LogP contribution in [0.25, 0.3) is 11.1 Å². The molecule has 1 N–H and O–H groups in total. The van der Waals surface area contributed by atoms with Gasteiger partial charge in [-0.1, -0.05) is 11.6 Å². The number of benzene rings is 1. The number of hydrogen-bond donors (Lipinski definition) is 1. The first-order valence-electron chi connectivity index (χ1n) is 5.17. The van der Waals surface area contributed by atoms with Gasteiger partial charge in [-0.05, 0) is 30.7 Å². The topological polar surface area (TPSA) is 55.1 Å². The molecule has 88 valence electrons. The van der Waals surface area contributed by atoms with Crippen LogP contribution in [0.5, 0.6) is 0 Å². The molecule has 0 atom stereocenters. The van der Waals surface area contributed by atoms with Crippen molar-refractivity contribution in [3.05, 3.63) is 41.2 Å². The molecular formula is C12H11ClN2O2. The Morgan fingerprint density at radius 3 is 2.76 bits per heavy atom. The van der Waals surface area contributed by atoms with Crippen LogP contribution in [-0.2, 0) is 6.54 Å². The van der Waals surface area contributed by atoms with Crippen LogP contribution in [0.3, 0.4) is 0 Å². The predicted molar refractivity (Wildman–Crippen MR) is 65.3 cm³/mol. The van der Waals surface area contributed by atoms with Crippen LogP contribution in [0, 0.1) is 0 Å². The van der Waals surface area contributed by atoms with Crippen LogP contribution in [0.15, 0.2) is 30.6 Å². The molecule has 2 rings (SSSR count). The van der Waals surface area contributed by atoms with E-state index in [2.05, 4.69) is 5.10 Å². The molecule has 0 aliphatic heterocycles. The Kier molecular flexibility index (Phi) is 3.15. The minimum Gasteiger partial charge on any atom is -0.478 e. The Labute approximate surface area is 103 Å². The van der Waals surface area contributed by atoms with Gasteiger partial charge in [0.25, 0.3) is 0 Å². The minimum atomic E-state index is -0.989. The standard InChI is InChI=1S/C12H11ClN2O2/c1-2-15-7-10(6-14-15)8-3-9(12(16)17)5-11(13)4-8/h3-7H,2H2,1H3,(H,16,17). The van der Waals surface area contributed by atoms with Crippen LogP contribution >= 0.6 is 11.6 Å². The number of aromatic nitrogens is 2. The van der Waals surface area contributed by atoms with Crippen molar-refractivity contribution >= 4 is 17.6 Å². The normalized spacial score (nSPS) is 10.5. The summed E-state index contributed by atoms with van der Waals surface area (Å²) in [4.78, 5) is 10.9. The molecule has 0 bridgehead atoms. The number of rotatable bonds is 3. The van der Waals surface area contributed by atoms with Crippen molar-refractivity contribution in [1.29, 1.82) is 0 Å². The van der Waals surface area contributed by atoms with Gasteiger partial charge in [0.2, 0.25) is 0 Å². The molecule has 0 saturated carbocycles. The van der Waals surface area contributed by atoms with Crippen LogP contribution in [0.4, 0.5) is 0 Å². The number of nitrogens with zero attached hydrogens (tertiary/aromatic N) is 2. The predicted octanol–water partition coefficient (Wildman–Crippen LogP) is 2.92. The van der Waals surface area contributed by atoms with Gasteiger partial charge < -0.3 is 5.11 Å². The first-order chi connectivity index (χ1) is 8.10. The highest BCUT2D eigenvalue weighted by molar-refractivity contribution is 6.31. The van der Waals surface area contributed by atoms with E-state index in [1.807, 2.05) is 13.1 Å².